The lowest BCUT2D eigenvalue weighted by Crippen LogP contribution is -2.48. The summed E-state index contributed by atoms with van der Waals surface area (Å²) in [6, 6.07) is 3.88. The number of epoxide rings is 1. The van der Waals surface area contributed by atoms with E-state index in [0.29, 0.717) is 35.7 Å². The summed E-state index contributed by atoms with van der Waals surface area (Å²) in [5.41, 5.74) is 2.37. The molecule has 13 heteroatoms. The summed E-state index contributed by atoms with van der Waals surface area (Å²) in [7, 11) is 4.80. The topological polar surface area (TPSA) is 156 Å². The standard InChI is InChI=1S/C27H35ClN2O5.C3H7N3O2/c1-16-8-6-7-9-19-15-21(34-26(32)29-19)17(2)25-27(3,35-25)11-10-23(31)30(4)20-13-18(12-16)14-22(33-5)24(20)28;1-6(4)2-3(7)5-8/h6-8,13-14,17,19,21,25H,9-12,15H2,1-5H3,(H,29,32);2,4H2,1H3/b7-6+,16-8+;/t17-,19?,21?,25?,27?;/m1./s1. The van der Waals surface area contributed by atoms with Crippen LogP contribution in [0.5, 0.6) is 5.75 Å². The molecule has 2 saturated heterocycles. The zero-order chi connectivity index (χ0) is 31.9. The number of nitrogens with zero attached hydrogens (tertiary/aromatic N) is 3. The van der Waals surface area contributed by atoms with Crippen molar-refractivity contribution in [3.63, 3.8) is 0 Å². The van der Waals surface area contributed by atoms with Crippen molar-refractivity contribution in [2.75, 3.05) is 32.6 Å². The fourth-order valence-electron chi connectivity index (χ4n) is 5.41. The number of fused-ring (bicyclic) bond motifs is 5. The number of ether oxygens (including phenoxy) is 3. The Balaban J connectivity index is 0.000000557. The fraction of sp³-hybridized carbons (Fsp3) is 0.567. The number of hydrogen-bond donors (Lipinski definition) is 2. The second kappa shape index (κ2) is 14.9. The number of carbonyl (C=O) groups excluding carboxylic acids is 3. The van der Waals surface area contributed by atoms with Gasteiger partial charge in [0.2, 0.25) is 5.91 Å². The summed E-state index contributed by atoms with van der Waals surface area (Å²) in [6.07, 6.45) is 8.53. The Morgan fingerprint density at radius 3 is 2.70 bits per heavy atom. The SMILES string of the molecule is CN(N)CC(=O)N=O.COc1cc2cc(c1Cl)N(C)C(=O)CCC1(C)OC1[C@H](C)C1CC(C/C=C/C=C(\C)C2)NC(=O)O1. The van der Waals surface area contributed by atoms with Gasteiger partial charge in [-0.05, 0) is 50.8 Å². The van der Waals surface area contributed by atoms with Crippen LogP contribution in [0.15, 0.2) is 41.1 Å². The van der Waals surface area contributed by atoms with Crippen molar-refractivity contribution in [3.05, 3.63) is 51.4 Å². The van der Waals surface area contributed by atoms with Crippen LogP contribution in [-0.4, -0.2) is 74.5 Å². The molecule has 4 unspecified atom stereocenters. The Labute approximate surface area is 257 Å². The van der Waals surface area contributed by atoms with Crippen molar-refractivity contribution >= 4 is 35.2 Å². The van der Waals surface area contributed by atoms with Crippen molar-refractivity contribution in [2.45, 2.75) is 76.7 Å². The first-order chi connectivity index (χ1) is 20.3. The molecule has 4 bridgehead atoms. The summed E-state index contributed by atoms with van der Waals surface area (Å²) in [5, 5.41) is 6.55. The maximum atomic E-state index is 13.2. The Kier molecular flexibility index (Phi) is 11.9. The molecule has 5 atom stereocenters. The molecular weight excluding hydrogens is 578 g/mol. The molecule has 2 fully saturated rings. The van der Waals surface area contributed by atoms with E-state index in [1.54, 1.807) is 19.1 Å². The van der Waals surface area contributed by atoms with Gasteiger partial charge in [0.25, 0.3) is 0 Å². The number of alkyl carbamates (subject to hydrolysis) is 1. The van der Waals surface area contributed by atoms with Crippen LogP contribution in [0.4, 0.5) is 10.5 Å². The van der Waals surface area contributed by atoms with Gasteiger partial charge in [-0.3, -0.25) is 15.4 Å². The first-order valence-electron chi connectivity index (χ1n) is 14.2. The molecule has 4 rings (SSSR count). The van der Waals surface area contributed by atoms with Gasteiger partial charge in [-0.15, -0.1) is 4.91 Å². The smallest absolute Gasteiger partial charge is 0.407 e. The van der Waals surface area contributed by atoms with Crippen LogP contribution in [0, 0.1) is 10.8 Å². The number of nitroso groups, excluding NO2 is 1. The molecule has 1 aromatic rings. The van der Waals surface area contributed by atoms with E-state index in [-0.39, 0.29) is 42.7 Å². The summed E-state index contributed by atoms with van der Waals surface area (Å²) < 4.78 is 17.2. The third-order valence-corrected chi connectivity index (χ3v) is 8.26. The van der Waals surface area contributed by atoms with Gasteiger partial charge in [0.1, 0.15) is 16.9 Å². The lowest BCUT2D eigenvalue weighted by atomic mass is 9.86. The van der Waals surface area contributed by atoms with E-state index in [4.69, 9.17) is 31.7 Å². The predicted octanol–water partition coefficient (Wildman–Crippen LogP) is 4.29. The maximum absolute atomic E-state index is 13.2. The maximum Gasteiger partial charge on any atom is 0.407 e. The van der Waals surface area contributed by atoms with E-state index in [0.717, 1.165) is 29.0 Å². The molecule has 3 amide bonds. The van der Waals surface area contributed by atoms with Gasteiger partial charge in [0.05, 0.1) is 31.0 Å². The van der Waals surface area contributed by atoms with Crippen LogP contribution >= 0.6 is 11.6 Å². The minimum atomic E-state index is -0.755. The number of anilines is 1. The van der Waals surface area contributed by atoms with E-state index < -0.39 is 11.5 Å². The van der Waals surface area contributed by atoms with Gasteiger partial charge in [0.15, 0.2) is 0 Å². The molecule has 3 aliphatic rings. The molecule has 12 nitrogen and oxygen atoms in total. The number of allylic oxidation sites excluding steroid dienone is 3. The lowest BCUT2D eigenvalue weighted by molar-refractivity contribution is -0.119. The molecule has 0 aromatic heterocycles. The highest BCUT2D eigenvalue weighted by Crippen LogP contribution is 2.47. The van der Waals surface area contributed by atoms with E-state index in [2.05, 4.69) is 36.5 Å². The lowest BCUT2D eigenvalue weighted by Gasteiger charge is -2.33. The number of hydrazine groups is 1. The molecule has 3 heterocycles. The third-order valence-electron chi connectivity index (χ3n) is 7.88. The normalized spacial score (nSPS) is 29.5. The number of carbonyl (C=O) groups is 3. The molecule has 3 aliphatic heterocycles. The molecular formula is C30H42ClN5O7. The van der Waals surface area contributed by atoms with Crippen LogP contribution in [0.3, 0.4) is 0 Å². The number of methoxy groups -OCH3 is 1. The molecule has 3 N–H and O–H groups in total. The Morgan fingerprint density at radius 1 is 1.35 bits per heavy atom. The first kappa shape index (κ1) is 34.2. The van der Waals surface area contributed by atoms with Crippen molar-refractivity contribution < 1.29 is 28.6 Å². The number of benzene rings is 1. The third kappa shape index (κ3) is 9.33. The van der Waals surface area contributed by atoms with Crippen LogP contribution in [0.1, 0.15) is 52.0 Å². The first-order valence-corrected chi connectivity index (χ1v) is 14.6. The molecule has 0 spiro atoms. The van der Waals surface area contributed by atoms with Gasteiger partial charge < -0.3 is 24.4 Å². The Morgan fingerprint density at radius 2 is 2.07 bits per heavy atom. The number of nitrogens with one attached hydrogen (secondary N) is 1. The number of halogens is 1. The van der Waals surface area contributed by atoms with Gasteiger partial charge >= 0.3 is 12.0 Å². The van der Waals surface area contributed by atoms with Crippen LogP contribution in [0.2, 0.25) is 5.02 Å². The second-order valence-corrected chi connectivity index (χ2v) is 11.9. The van der Waals surface area contributed by atoms with Gasteiger partial charge in [-0.2, -0.15) is 0 Å². The average molecular weight is 620 g/mol. The van der Waals surface area contributed by atoms with Gasteiger partial charge in [-0.1, -0.05) is 42.3 Å². The zero-order valence-electron chi connectivity index (χ0n) is 25.6. The minimum absolute atomic E-state index is 0.0130. The number of nitrogens with two attached hydrogens (primary N) is 1. The molecule has 236 valence electrons. The van der Waals surface area contributed by atoms with E-state index in [1.165, 1.54) is 7.05 Å². The summed E-state index contributed by atoms with van der Waals surface area (Å²) in [6.45, 7) is 6.02. The molecule has 0 aliphatic carbocycles. The number of hydrogen-bond acceptors (Lipinski definition) is 9. The number of amides is 3. The highest BCUT2D eigenvalue weighted by Gasteiger charge is 2.57. The van der Waals surface area contributed by atoms with Crippen LogP contribution in [-0.2, 0) is 25.5 Å². The van der Waals surface area contributed by atoms with E-state index in [1.807, 2.05) is 25.1 Å². The van der Waals surface area contributed by atoms with Crippen molar-refractivity contribution in [2.24, 2.45) is 16.9 Å². The number of likely N-dealkylation sites (N-methyl/N-ethyl adjacent to an activating group) is 1. The van der Waals surface area contributed by atoms with Crippen LogP contribution < -0.4 is 20.8 Å². The quantitative estimate of drug-likeness (QED) is 0.218. The summed E-state index contributed by atoms with van der Waals surface area (Å²) >= 11 is 6.60. The summed E-state index contributed by atoms with van der Waals surface area (Å²) in [5.74, 6) is 4.76. The largest absolute Gasteiger partial charge is 0.495 e. The average Bonchev–Trinajstić information content (AvgIpc) is 3.64. The molecule has 0 radical (unpaired) electrons. The zero-order valence-corrected chi connectivity index (χ0v) is 26.3. The predicted molar refractivity (Wildman–Crippen MR) is 164 cm³/mol. The highest BCUT2D eigenvalue weighted by molar-refractivity contribution is 6.35. The van der Waals surface area contributed by atoms with Crippen LogP contribution in [0.25, 0.3) is 0 Å². The fourth-order valence-corrected chi connectivity index (χ4v) is 5.72. The van der Waals surface area contributed by atoms with Gasteiger partial charge in [0, 0.05) is 44.1 Å². The van der Waals surface area contributed by atoms with Crippen molar-refractivity contribution in [3.8, 4) is 5.75 Å². The molecule has 1 aromatic carbocycles. The van der Waals surface area contributed by atoms with E-state index >= 15 is 0 Å². The summed E-state index contributed by atoms with van der Waals surface area (Å²) in [4.78, 5) is 46.3. The monoisotopic (exact) mass is 619 g/mol. The molecule has 0 saturated carbocycles. The molecule has 43 heavy (non-hydrogen) atoms. The van der Waals surface area contributed by atoms with Crippen molar-refractivity contribution in [1.82, 2.24) is 10.3 Å². The highest BCUT2D eigenvalue weighted by atomic mass is 35.5. The second-order valence-electron chi connectivity index (χ2n) is 11.6. The Bertz CT molecular complexity index is 1270. The van der Waals surface area contributed by atoms with Gasteiger partial charge in [-0.25, -0.2) is 9.80 Å². The van der Waals surface area contributed by atoms with E-state index in [9.17, 15) is 19.3 Å². The number of rotatable bonds is 3. The Hall–Kier alpha value is -3.32. The minimum Gasteiger partial charge on any atom is -0.495 e. The van der Waals surface area contributed by atoms with Crippen molar-refractivity contribution in [1.29, 1.82) is 0 Å².